The van der Waals surface area contributed by atoms with E-state index >= 15 is 0 Å². The summed E-state index contributed by atoms with van der Waals surface area (Å²) in [6.45, 7) is 12.6. The Labute approximate surface area is 164 Å². The summed E-state index contributed by atoms with van der Waals surface area (Å²) in [4.78, 5) is 14.6. The zero-order valence-electron chi connectivity index (χ0n) is 17.3. The van der Waals surface area contributed by atoms with Crippen LogP contribution >= 0.6 is 0 Å². The van der Waals surface area contributed by atoms with E-state index in [9.17, 15) is 4.79 Å². The van der Waals surface area contributed by atoms with Gasteiger partial charge < -0.3 is 19.7 Å². The lowest BCUT2D eigenvalue weighted by atomic mass is 9.97. The first-order chi connectivity index (χ1) is 13.0. The molecule has 1 aliphatic heterocycles. The summed E-state index contributed by atoms with van der Waals surface area (Å²) >= 11 is 0. The Morgan fingerprint density at radius 3 is 2.41 bits per heavy atom. The molecule has 1 N–H and O–H groups in total. The van der Waals surface area contributed by atoms with E-state index in [1.165, 1.54) is 12.8 Å². The molecule has 0 unspecified atom stereocenters. The zero-order chi connectivity index (χ0) is 19.6. The van der Waals surface area contributed by atoms with E-state index in [0.717, 1.165) is 25.3 Å². The molecule has 0 saturated carbocycles. The largest absolute Gasteiger partial charge is 0.445 e. The van der Waals surface area contributed by atoms with Gasteiger partial charge in [0.1, 0.15) is 6.61 Å². The molecule has 0 spiro atoms. The number of ether oxygens (including phenoxy) is 2. The minimum atomic E-state index is -0.383. The van der Waals surface area contributed by atoms with Crippen LogP contribution in [0.4, 0.5) is 4.79 Å². The molecule has 0 aliphatic carbocycles. The SMILES string of the molecule is CC(C)[C@H](COCC1CCN(C(C)C)CC1)NC(=O)OCc1ccccc1. The predicted molar refractivity (Wildman–Crippen MR) is 109 cm³/mol. The molecule has 2 rings (SSSR count). The summed E-state index contributed by atoms with van der Waals surface area (Å²) < 4.78 is 11.3. The number of amides is 1. The molecule has 27 heavy (non-hydrogen) atoms. The maximum absolute atomic E-state index is 12.1. The van der Waals surface area contributed by atoms with Gasteiger partial charge in [-0.15, -0.1) is 0 Å². The van der Waals surface area contributed by atoms with Crippen molar-refractivity contribution in [1.82, 2.24) is 10.2 Å². The molecule has 1 aliphatic rings. The molecule has 1 aromatic carbocycles. The van der Waals surface area contributed by atoms with Gasteiger partial charge in [0.15, 0.2) is 0 Å². The van der Waals surface area contributed by atoms with Gasteiger partial charge in [-0.3, -0.25) is 0 Å². The number of nitrogens with one attached hydrogen (secondary N) is 1. The zero-order valence-corrected chi connectivity index (χ0v) is 17.3. The van der Waals surface area contributed by atoms with Crippen LogP contribution in [-0.2, 0) is 16.1 Å². The fourth-order valence-corrected chi connectivity index (χ4v) is 3.31. The van der Waals surface area contributed by atoms with E-state index in [2.05, 4.69) is 37.9 Å². The average molecular weight is 377 g/mol. The van der Waals surface area contributed by atoms with Crippen LogP contribution in [0, 0.1) is 11.8 Å². The molecule has 1 atom stereocenters. The first kappa shape index (κ1) is 21.7. The van der Waals surface area contributed by atoms with Crippen LogP contribution in [0.25, 0.3) is 0 Å². The number of nitrogens with zero attached hydrogens (tertiary/aromatic N) is 1. The van der Waals surface area contributed by atoms with Crippen molar-refractivity contribution < 1.29 is 14.3 Å². The van der Waals surface area contributed by atoms with Gasteiger partial charge in [0.05, 0.1) is 12.6 Å². The lowest BCUT2D eigenvalue weighted by molar-refractivity contribution is 0.0410. The third-order valence-electron chi connectivity index (χ3n) is 5.35. The fourth-order valence-electron chi connectivity index (χ4n) is 3.31. The maximum Gasteiger partial charge on any atom is 0.407 e. The smallest absolute Gasteiger partial charge is 0.407 e. The normalized spacial score (nSPS) is 17.3. The number of piperidine rings is 1. The molecule has 1 saturated heterocycles. The second kappa shape index (κ2) is 11.3. The topological polar surface area (TPSA) is 50.8 Å². The van der Waals surface area contributed by atoms with Crippen molar-refractivity contribution in [3.8, 4) is 0 Å². The second-order valence-corrected chi connectivity index (χ2v) is 8.17. The highest BCUT2D eigenvalue weighted by atomic mass is 16.5. The fraction of sp³-hybridized carbons (Fsp3) is 0.682. The number of hydrogen-bond acceptors (Lipinski definition) is 4. The number of carbonyl (C=O) groups is 1. The van der Waals surface area contributed by atoms with Crippen LogP contribution in [0.15, 0.2) is 30.3 Å². The molecular formula is C22H36N2O3. The van der Waals surface area contributed by atoms with Gasteiger partial charge in [-0.2, -0.15) is 0 Å². The van der Waals surface area contributed by atoms with Crippen LogP contribution in [0.3, 0.4) is 0 Å². The van der Waals surface area contributed by atoms with Crippen LogP contribution in [0.5, 0.6) is 0 Å². The lowest BCUT2D eigenvalue weighted by Gasteiger charge is -2.34. The van der Waals surface area contributed by atoms with Crippen molar-refractivity contribution in [2.45, 2.75) is 59.2 Å². The van der Waals surface area contributed by atoms with Gasteiger partial charge in [0.2, 0.25) is 0 Å². The number of carbonyl (C=O) groups excluding carboxylic acids is 1. The van der Waals surface area contributed by atoms with Crippen LogP contribution in [0.1, 0.15) is 46.1 Å². The van der Waals surface area contributed by atoms with Crippen molar-refractivity contribution in [3.05, 3.63) is 35.9 Å². The standard InChI is InChI=1S/C22H36N2O3/c1-17(2)21(23-22(25)27-15-19-8-6-5-7-9-19)16-26-14-20-10-12-24(13-11-20)18(3)4/h5-9,17-18,20-21H,10-16H2,1-4H3,(H,23,25)/t21-/m0/s1. The molecule has 1 fully saturated rings. The molecule has 1 aromatic rings. The minimum Gasteiger partial charge on any atom is -0.445 e. The number of rotatable bonds is 9. The van der Waals surface area contributed by atoms with Crippen molar-refractivity contribution in [3.63, 3.8) is 0 Å². The highest BCUT2D eigenvalue weighted by Gasteiger charge is 2.22. The Balaban J connectivity index is 1.67. The van der Waals surface area contributed by atoms with E-state index in [-0.39, 0.29) is 24.7 Å². The molecule has 1 amide bonds. The quantitative estimate of drug-likeness (QED) is 0.706. The molecule has 152 valence electrons. The number of alkyl carbamates (subject to hydrolysis) is 1. The van der Waals surface area contributed by atoms with E-state index in [4.69, 9.17) is 9.47 Å². The molecule has 5 heteroatoms. The summed E-state index contributed by atoms with van der Waals surface area (Å²) in [5, 5.41) is 2.95. The van der Waals surface area contributed by atoms with Gasteiger partial charge in [0.25, 0.3) is 0 Å². The molecule has 1 heterocycles. The Morgan fingerprint density at radius 1 is 1.15 bits per heavy atom. The van der Waals surface area contributed by atoms with Crippen molar-refractivity contribution in [2.24, 2.45) is 11.8 Å². The number of benzene rings is 1. The Bertz CT molecular complexity index is 540. The van der Waals surface area contributed by atoms with Crippen LogP contribution in [0.2, 0.25) is 0 Å². The van der Waals surface area contributed by atoms with Gasteiger partial charge in [-0.1, -0.05) is 44.2 Å². The molecule has 0 radical (unpaired) electrons. The summed E-state index contributed by atoms with van der Waals surface area (Å²) in [5.74, 6) is 0.912. The number of likely N-dealkylation sites (tertiary alicyclic amines) is 1. The number of hydrogen-bond donors (Lipinski definition) is 1. The van der Waals surface area contributed by atoms with E-state index < -0.39 is 0 Å². The second-order valence-electron chi connectivity index (χ2n) is 8.17. The Kier molecular flexibility index (Phi) is 9.08. The van der Waals surface area contributed by atoms with Gasteiger partial charge in [-0.25, -0.2) is 4.79 Å². The van der Waals surface area contributed by atoms with E-state index in [1.54, 1.807) is 0 Å². The molecule has 0 aromatic heterocycles. The lowest BCUT2D eigenvalue weighted by Crippen LogP contribution is -2.43. The molecule has 5 nitrogen and oxygen atoms in total. The van der Waals surface area contributed by atoms with Crippen molar-refractivity contribution >= 4 is 6.09 Å². The summed E-state index contributed by atoms with van der Waals surface area (Å²) in [6, 6.07) is 10.3. The third kappa shape index (κ3) is 7.89. The first-order valence-corrected chi connectivity index (χ1v) is 10.2. The van der Waals surface area contributed by atoms with Gasteiger partial charge >= 0.3 is 6.09 Å². The summed E-state index contributed by atoms with van der Waals surface area (Å²) in [7, 11) is 0. The van der Waals surface area contributed by atoms with E-state index in [0.29, 0.717) is 18.6 Å². The Hall–Kier alpha value is -1.59. The van der Waals surface area contributed by atoms with Crippen LogP contribution < -0.4 is 5.32 Å². The average Bonchev–Trinajstić information content (AvgIpc) is 2.66. The van der Waals surface area contributed by atoms with Crippen LogP contribution in [-0.4, -0.2) is 49.4 Å². The first-order valence-electron chi connectivity index (χ1n) is 10.2. The molecular weight excluding hydrogens is 340 g/mol. The maximum atomic E-state index is 12.1. The van der Waals surface area contributed by atoms with Crippen molar-refractivity contribution in [2.75, 3.05) is 26.3 Å². The van der Waals surface area contributed by atoms with E-state index in [1.807, 2.05) is 30.3 Å². The minimum absolute atomic E-state index is 0.0379. The van der Waals surface area contributed by atoms with Gasteiger partial charge in [-0.05, 0) is 57.2 Å². The summed E-state index contributed by atoms with van der Waals surface area (Å²) in [5.41, 5.74) is 0.984. The predicted octanol–water partition coefficient (Wildman–Crippen LogP) is 4.07. The summed E-state index contributed by atoms with van der Waals surface area (Å²) in [6.07, 6.45) is 2.00. The highest BCUT2D eigenvalue weighted by Crippen LogP contribution is 2.19. The highest BCUT2D eigenvalue weighted by molar-refractivity contribution is 5.67. The monoisotopic (exact) mass is 376 g/mol. The van der Waals surface area contributed by atoms with Crippen molar-refractivity contribution in [1.29, 1.82) is 0 Å². The Morgan fingerprint density at radius 2 is 1.81 bits per heavy atom. The van der Waals surface area contributed by atoms with Gasteiger partial charge in [0, 0.05) is 12.6 Å². The molecule has 0 bridgehead atoms. The third-order valence-corrected chi connectivity index (χ3v) is 5.35.